The van der Waals surface area contributed by atoms with E-state index in [1.807, 2.05) is 37.3 Å². The van der Waals surface area contributed by atoms with E-state index in [0.29, 0.717) is 0 Å². The Morgan fingerprint density at radius 3 is 2.38 bits per heavy atom. The molecule has 24 heavy (non-hydrogen) atoms. The Bertz CT molecular complexity index is 711. The summed E-state index contributed by atoms with van der Waals surface area (Å²) in [6.45, 7) is 4.23. The SMILES string of the molecule is CCCCCCCCCC/C=C\c1c(C)[nH]c2ccccc2c1=O. The van der Waals surface area contributed by atoms with Crippen molar-refractivity contribution in [3.63, 3.8) is 0 Å². The van der Waals surface area contributed by atoms with E-state index in [2.05, 4.69) is 18.0 Å². The molecule has 1 aromatic heterocycles. The van der Waals surface area contributed by atoms with Crippen molar-refractivity contribution in [3.05, 3.63) is 51.8 Å². The van der Waals surface area contributed by atoms with Gasteiger partial charge in [-0.3, -0.25) is 4.79 Å². The largest absolute Gasteiger partial charge is 0.358 e. The molecule has 0 unspecified atom stereocenters. The molecule has 130 valence electrons. The van der Waals surface area contributed by atoms with Crippen LogP contribution in [0.5, 0.6) is 0 Å². The number of allylic oxidation sites excluding steroid dienone is 1. The molecular weight excluding hydrogens is 294 g/mol. The Morgan fingerprint density at radius 1 is 0.958 bits per heavy atom. The van der Waals surface area contributed by atoms with Crippen LogP contribution in [0.25, 0.3) is 17.0 Å². The Kier molecular flexibility index (Phi) is 7.81. The number of benzene rings is 1. The van der Waals surface area contributed by atoms with Gasteiger partial charge in [-0.15, -0.1) is 0 Å². The highest BCUT2D eigenvalue weighted by Gasteiger charge is 2.05. The fourth-order valence-electron chi connectivity index (χ4n) is 3.17. The lowest BCUT2D eigenvalue weighted by molar-refractivity contribution is 0.578. The minimum Gasteiger partial charge on any atom is -0.358 e. The van der Waals surface area contributed by atoms with Crippen molar-refractivity contribution in [1.82, 2.24) is 4.98 Å². The number of pyridine rings is 1. The highest BCUT2D eigenvalue weighted by atomic mass is 16.1. The second-order valence-electron chi connectivity index (χ2n) is 6.70. The molecule has 2 aromatic rings. The monoisotopic (exact) mass is 325 g/mol. The third kappa shape index (κ3) is 5.36. The van der Waals surface area contributed by atoms with Gasteiger partial charge in [0.25, 0.3) is 0 Å². The molecule has 0 aliphatic rings. The van der Waals surface area contributed by atoms with Crippen LogP contribution >= 0.6 is 0 Å². The number of fused-ring (bicyclic) bond motifs is 1. The van der Waals surface area contributed by atoms with E-state index < -0.39 is 0 Å². The van der Waals surface area contributed by atoms with Gasteiger partial charge in [-0.05, 0) is 31.9 Å². The number of H-pyrrole nitrogens is 1. The molecule has 0 saturated carbocycles. The van der Waals surface area contributed by atoms with Gasteiger partial charge in [0.1, 0.15) is 0 Å². The number of hydrogen-bond acceptors (Lipinski definition) is 1. The Hall–Kier alpha value is -1.83. The second-order valence-corrected chi connectivity index (χ2v) is 6.70. The third-order valence-corrected chi connectivity index (χ3v) is 4.65. The first-order valence-corrected chi connectivity index (χ1v) is 9.52. The summed E-state index contributed by atoms with van der Waals surface area (Å²) in [4.78, 5) is 15.9. The van der Waals surface area contributed by atoms with Gasteiger partial charge in [-0.1, -0.05) is 76.2 Å². The highest BCUT2D eigenvalue weighted by molar-refractivity contribution is 5.81. The number of rotatable bonds is 10. The van der Waals surface area contributed by atoms with Crippen LogP contribution in [0.4, 0.5) is 0 Å². The van der Waals surface area contributed by atoms with Gasteiger partial charge in [-0.2, -0.15) is 0 Å². The molecule has 0 spiro atoms. The van der Waals surface area contributed by atoms with Crippen molar-refractivity contribution in [1.29, 1.82) is 0 Å². The average Bonchev–Trinajstić information content (AvgIpc) is 2.59. The van der Waals surface area contributed by atoms with Crippen molar-refractivity contribution >= 4 is 17.0 Å². The number of nitrogens with one attached hydrogen (secondary N) is 1. The molecule has 2 rings (SSSR count). The van der Waals surface area contributed by atoms with E-state index >= 15 is 0 Å². The predicted octanol–water partition coefficient (Wildman–Crippen LogP) is 6.38. The van der Waals surface area contributed by atoms with Crippen LogP contribution in [0.3, 0.4) is 0 Å². The number of aryl methyl sites for hydroxylation is 1. The number of aromatic amines is 1. The molecule has 0 fully saturated rings. The molecule has 1 heterocycles. The van der Waals surface area contributed by atoms with Gasteiger partial charge < -0.3 is 4.98 Å². The molecule has 2 nitrogen and oxygen atoms in total. The standard InChI is InChI=1S/C22H31NO/c1-3-4-5-6-7-8-9-10-11-12-15-19-18(2)23-21-17-14-13-16-20(21)22(19)24/h12-17H,3-11H2,1-2H3,(H,23,24)/b15-12-. The molecule has 0 amide bonds. The van der Waals surface area contributed by atoms with Crippen LogP contribution in [0.15, 0.2) is 35.1 Å². The molecule has 1 aromatic carbocycles. The third-order valence-electron chi connectivity index (χ3n) is 4.65. The minimum atomic E-state index is 0.133. The maximum absolute atomic E-state index is 12.6. The summed E-state index contributed by atoms with van der Waals surface area (Å²) in [7, 11) is 0. The van der Waals surface area contributed by atoms with Crippen LogP contribution in [0.2, 0.25) is 0 Å². The van der Waals surface area contributed by atoms with Gasteiger partial charge >= 0.3 is 0 Å². The smallest absolute Gasteiger partial charge is 0.196 e. The molecule has 0 atom stereocenters. The molecule has 0 aliphatic heterocycles. The lowest BCUT2D eigenvalue weighted by Crippen LogP contribution is -2.09. The zero-order valence-corrected chi connectivity index (χ0v) is 15.2. The molecule has 0 bridgehead atoms. The first-order valence-electron chi connectivity index (χ1n) is 9.52. The number of unbranched alkanes of at least 4 members (excludes halogenated alkanes) is 8. The lowest BCUT2D eigenvalue weighted by Gasteiger charge is -2.04. The van der Waals surface area contributed by atoms with Crippen LogP contribution < -0.4 is 5.43 Å². The lowest BCUT2D eigenvalue weighted by atomic mass is 10.1. The maximum Gasteiger partial charge on any atom is 0.196 e. The predicted molar refractivity (Wildman–Crippen MR) is 106 cm³/mol. The van der Waals surface area contributed by atoms with Gasteiger partial charge in [0.05, 0.1) is 0 Å². The van der Waals surface area contributed by atoms with E-state index in [-0.39, 0.29) is 5.43 Å². The molecule has 0 saturated heterocycles. The van der Waals surface area contributed by atoms with Gasteiger partial charge in [-0.25, -0.2) is 0 Å². The van der Waals surface area contributed by atoms with Crippen LogP contribution in [0, 0.1) is 6.92 Å². The molecule has 1 N–H and O–H groups in total. The second kappa shape index (κ2) is 10.1. The summed E-state index contributed by atoms with van der Waals surface area (Å²) >= 11 is 0. The number of para-hydroxylation sites is 1. The van der Waals surface area contributed by atoms with Crippen molar-refractivity contribution in [2.45, 2.75) is 71.6 Å². The zero-order valence-electron chi connectivity index (χ0n) is 15.2. The zero-order chi connectivity index (χ0) is 17.2. The Labute approximate surface area is 146 Å². The van der Waals surface area contributed by atoms with E-state index in [1.165, 1.54) is 51.4 Å². The maximum atomic E-state index is 12.6. The Morgan fingerprint density at radius 2 is 1.62 bits per heavy atom. The topological polar surface area (TPSA) is 32.9 Å². The summed E-state index contributed by atoms with van der Waals surface area (Å²) < 4.78 is 0. The summed E-state index contributed by atoms with van der Waals surface area (Å²) in [5.41, 5.74) is 2.80. The van der Waals surface area contributed by atoms with Gasteiger partial charge in [0.2, 0.25) is 0 Å². The van der Waals surface area contributed by atoms with Crippen molar-refractivity contribution in [3.8, 4) is 0 Å². The molecule has 2 heteroatoms. The van der Waals surface area contributed by atoms with Gasteiger partial charge in [0.15, 0.2) is 5.43 Å². The van der Waals surface area contributed by atoms with E-state index in [9.17, 15) is 4.79 Å². The van der Waals surface area contributed by atoms with Crippen LogP contribution in [0.1, 0.15) is 76.0 Å². The average molecular weight is 325 g/mol. The van der Waals surface area contributed by atoms with Gasteiger partial charge in [0, 0.05) is 22.2 Å². The molecule has 0 aliphatic carbocycles. The highest BCUT2D eigenvalue weighted by Crippen LogP contribution is 2.13. The van der Waals surface area contributed by atoms with Crippen LogP contribution in [-0.2, 0) is 0 Å². The Balaban J connectivity index is 1.80. The normalized spacial score (nSPS) is 11.6. The molecule has 0 radical (unpaired) electrons. The molecular formula is C22H31NO. The minimum absolute atomic E-state index is 0.133. The summed E-state index contributed by atoms with van der Waals surface area (Å²) in [6.07, 6.45) is 15.9. The fraction of sp³-hybridized carbons (Fsp3) is 0.500. The number of hydrogen-bond donors (Lipinski definition) is 1. The number of aromatic nitrogens is 1. The van der Waals surface area contributed by atoms with E-state index in [1.54, 1.807) is 0 Å². The fourth-order valence-corrected chi connectivity index (χ4v) is 3.17. The van der Waals surface area contributed by atoms with Crippen molar-refractivity contribution in [2.24, 2.45) is 0 Å². The van der Waals surface area contributed by atoms with Crippen molar-refractivity contribution in [2.75, 3.05) is 0 Å². The first-order chi connectivity index (χ1) is 11.7. The summed E-state index contributed by atoms with van der Waals surface area (Å²) in [6, 6.07) is 7.72. The van der Waals surface area contributed by atoms with Crippen LogP contribution in [-0.4, -0.2) is 4.98 Å². The quantitative estimate of drug-likeness (QED) is 0.505. The first kappa shape index (κ1) is 18.5. The summed E-state index contributed by atoms with van der Waals surface area (Å²) in [5, 5.41) is 0.773. The van der Waals surface area contributed by atoms with E-state index in [4.69, 9.17) is 0 Å². The van der Waals surface area contributed by atoms with E-state index in [0.717, 1.165) is 28.6 Å². The summed E-state index contributed by atoms with van der Waals surface area (Å²) in [5.74, 6) is 0. The van der Waals surface area contributed by atoms with Crippen molar-refractivity contribution < 1.29 is 0 Å².